The van der Waals surface area contributed by atoms with Gasteiger partial charge in [0.25, 0.3) is 23.6 Å². The van der Waals surface area contributed by atoms with Gasteiger partial charge in [0.05, 0.1) is 55.6 Å². The molecule has 0 radical (unpaired) electrons. The predicted octanol–water partition coefficient (Wildman–Crippen LogP) is 7.57. The summed E-state index contributed by atoms with van der Waals surface area (Å²) < 4.78 is 173. The average Bonchev–Trinajstić information content (AvgIpc) is 1.38. The van der Waals surface area contributed by atoms with Gasteiger partial charge < -0.3 is 59.8 Å². The van der Waals surface area contributed by atoms with E-state index in [4.69, 9.17) is 43.6 Å². The molecule has 688 valence electrons. The van der Waals surface area contributed by atoms with Gasteiger partial charge in [-0.05, 0) is 119 Å². The fourth-order valence-electron chi connectivity index (χ4n) is 17.1. The molecule has 0 aliphatic carbocycles. The number of fused-ring (bicyclic) bond motifs is 4. The van der Waals surface area contributed by atoms with Crippen LogP contribution in [0.5, 0.6) is 0 Å². The number of carbonyl (C=O) groups excluding carboxylic acids is 12. The maximum Gasteiger partial charge on any atom is 0.255 e. The Bertz CT molecular complexity index is 6650. The number of hydrogen-bond donors (Lipinski definition) is 8. The quantitative estimate of drug-likeness (QED) is 0.0270. The molecule has 132 heavy (non-hydrogen) atoms. The van der Waals surface area contributed by atoms with Crippen LogP contribution >= 0.6 is 0 Å². The van der Waals surface area contributed by atoms with Crippen molar-refractivity contribution in [2.24, 2.45) is 0 Å². The summed E-state index contributed by atoms with van der Waals surface area (Å²) in [6.45, 7) is 2.67. The van der Waals surface area contributed by atoms with Crippen molar-refractivity contribution in [1.29, 1.82) is 0 Å². The van der Waals surface area contributed by atoms with E-state index >= 15 is 0 Å². The van der Waals surface area contributed by atoms with Crippen LogP contribution in [0.15, 0.2) is 170 Å². The number of carbonyl (C=O) groups is 12. The van der Waals surface area contributed by atoms with E-state index in [1.165, 1.54) is 15.9 Å². The van der Waals surface area contributed by atoms with Crippen LogP contribution in [-0.4, -0.2) is 239 Å². The lowest BCUT2D eigenvalue weighted by Crippen LogP contribution is -2.52. The van der Waals surface area contributed by atoms with E-state index in [-0.39, 0.29) is 68.4 Å². The topological polar surface area (TPSA) is 364 Å². The Morgan fingerprint density at radius 2 is 0.583 bits per heavy atom. The van der Waals surface area contributed by atoms with Crippen molar-refractivity contribution in [3.05, 3.63) is 259 Å². The third-order valence-corrected chi connectivity index (χ3v) is 23.9. The lowest BCUT2D eigenvalue weighted by Gasteiger charge is -2.29. The zero-order chi connectivity index (χ0) is 107. The molecule has 8 aromatic rings. The molecule has 12 aliphatic heterocycles. The van der Waals surface area contributed by atoms with Crippen LogP contribution in [0.3, 0.4) is 0 Å². The summed E-state index contributed by atoms with van der Waals surface area (Å²) in [7, 11) is 0. The van der Waals surface area contributed by atoms with Crippen LogP contribution in [-0.2, 0) is 136 Å². The number of hydrogen-bond acceptors (Lipinski definition) is 24. The molecule has 32 nitrogen and oxygen atoms in total. The second-order valence-electron chi connectivity index (χ2n) is 32.7. The molecule has 4 unspecified atom stereocenters. The Kier molecular flexibility index (Phi) is 22.8. The maximum absolute atomic E-state index is 13.3. The highest BCUT2D eigenvalue weighted by atomic mass is 16.5. The monoisotopic (exact) mass is 1810 g/mol. The van der Waals surface area contributed by atoms with E-state index in [9.17, 15) is 57.5 Å². The standard InChI is InChI=1S/4C25H28N4O4/c4*30-23-8-7-22(24(31)27-23)29-16-20-19(25(29)32)5-2-6-21(20)26-14-17-3-1-4-18(13-17)15-28-9-11-33-12-10-28/h4*1-6,13,22,26H,7-12,14-16H2,(H,27,30,31)/i7D2,8D2,15D2,22D;7D2,8D2,15D2;15D2,22D;15D2. The Hall–Kier alpha value is -12.9. The molecule has 0 saturated carbocycles. The smallest absolute Gasteiger partial charge is 0.255 e. The fourth-order valence-corrected chi connectivity index (χ4v) is 17.1. The summed E-state index contributed by atoms with van der Waals surface area (Å²) in [6, 6.07) is 42.1. The summed E-state index contributed by atoms with van der Waals surface area (Å²) in [5.74, 6) is -9.40. The van der Waals surface area contributed by atoms with Crippen LogP contribution in [0.1, 0.15) is 184 Å². The van der Waals surface area contributed by atoms with E-state index < -0.39 is 135 Å². The van der Waals surface area contributed by atoms with Gasteiger partial charge >= 0.3 is 0 Å². The number of piperidine rings is 4. The van der Waals surface area contributed by atoms with Gasteiger partial charge in [0.15, 0.2) is 0 Å². The molecule has 0 bridgehead atoms. The number of ether oxygens (including phenoxy) is 4. The van der Waals surface area contributed by atoms with Gasteiger partial charge in [0, 0.05) is 245 Å². The van der Waals surface area contributed by atoms with E-state index in [0.29, 0.717) is 210 Å². The minimum atomic E-state index is -3.34. The first-order valence-electron chi connectivity index (χ1n) is 52.9. The van der Waals surface area contributed by atoms with Gasteiger partial charge in [-0.3, -0.25) is 98.4 Å². The molecule has 8 aromatic carbocycles. The first-order chi connectivity index (χ1) is 71.1. The second-order valence-corrected chi connectivity index (χ2v) is 32.7. The summed E-state index contributed by atoms with van der Waals surface area (Å²) in [5.41, 5.74) is 11.9. The average molecular weight is 1810 g/mol. The van der Waals surface area contributed by atoms with Gasteiger partial charge in [0.1, 0.15) is 24.1 Å². The molecular formula is C100H112N16O16. The molecule has 8 fully saturated rings. The van der Waals surface area contributed by atoms with E-state index in [0.717, 1.165) is 38.4 Å². The molecule has 12 heterocycles. The predicted molar refractivity (Wildman–Crippen MR) is 489 cm³/mol. The third-order valence-electron chi connectivity index (χ3n) is 23.9. The fraction of sp³-hybridized carbons (Fsp3) is 0.400. The zero-order valence-corrected chi connectivity index (χ0v) is 72.2. The Morgan fingerprint density at radius 3 is 0.939 bits per heavy atom. The molecule has 0 aromatic heterocycles. The highest BCUT2D eigenvalue weighted by Gasteiger charge is 2.45. The second kappa shape index (κ2) is 42.5. The number of nitrogens with one attached hydrogen (secondary N) is 8. The Balaban J connectivity index is 0.000000136. The highest BCUT2D eigenvalue weighted by molar-refractivity contribution is 6.09. The normalized spacial score (nSPS) is 26.2. The number of imide groups is 4. The van der Waals surface area contributed by atoms with Crippen LogP contribution in [0.2, 0.25) is 0 Å². The van der Waals surface area contributed by atoms with Crippen molar-refractivity contribution in [1.82, 2.24) is 60.5 Å². The van der Waals surface area contributed by atoms with Gasteiger partial charge in [-0.15, -0.1) is 0 Å². The van der Waals surface area contributed by atoms with Crippen molar-refractivity contribution >= 4 is 93.6 Å². The lowest BCUT2D eigenvalue weighted by atomic mass is 10.0. The highest BCUT2D eigenvalue weighted by Crippen LogP contribution is 2.38. The molecule has 20 rings (SSSR count). The largest absolute Gasteiger partial charge is 0.381 e. The van der Waals surface area contributed by atoms with Gasteiger partial charge in [-0.25, -0.2) is 0 Å². The minimum absolute atomic E-state index is 0.00869. The van der Waals surface area contributed by atoms with Crippen LogP contribution in [0.25, 0.3) is 0 Å². The molecule has 32 heteroatoms. The van der Waals surface area contributed by atoms with Crippen molar-refractivity contribution in [3.63, 3.8) is 0 Å². The molecular weight excluding hydrogens is 1680 g/mol. The van der Waals surface area contributed by atoms with Gasteiger partial charge in [0.2, 0.25) is 47.3 Å². The zero-order valence-electron chi connectivity index (χ0n) is 90.2. The van der Waals surface area contributed by atoms with Crippen molar-refractivity contribution < 1.29 is 101 Å². The molecule has 0 spiro atoms. The Morgan fingerprint density at radius 1 is 0.311 bits per heavy atom. The summed E-state index contributed by atoms with van der Waals surface area (Å²) in [5, 5.41) is 21.3. The van der Waals surface area contributed by atoms with E-state index in [1.807, 2.05) is 66.0 Å². The van der Waals surface area contributed by atoms with Crippen LogP contribution in [0.4, 0.5) is 22.7 Å². The molecule has 8 saturated heterocycles. The van der Waals surface area contributed by atoms with E-state index in [2.05, 4.69) is 31.9 Å². The third kappa shape index (κ3) is 22.1. The molecule has 12 aliphatic rings. The summed E-state index contributed by atoms with van der Waals surface area (Å²) in [4.78, 5) is 161. The number of nitrogens with zero attached hydrogens (tertiary/aromatic N) is 8. The van der Waals surface area contributed by atoms with Gasteiger partial charge in [-0.2, -0.15) is 0 Å². The maximum atomic E-state index is 13.3. The first kappa shape index (κ1) is 70.9. The SMILES string of the molecule is [2H]C([2H])(c1cccc(CNc2cccc3c2CN(C2([2H])C(=O)NC(=O)C([2H])([2H])C2([2H])[2H])C3=O)c1)N1CCOCC1.[2H]C([2H])(c1cccc(CNc2cccc3c2CN(C2C(=O)NC(=O)C([2H])([2H])C2([2H])[2H])C3=O)c1)N1CCOCC1.[2H]C([2H])(c1cccc(CNc2cccc3c2CN(C2CCC(=O)NC2=O)C3=O)c1)N1CCOCC1.[2H]C1(N2Cc3c(NCc4cccc(C([2H])([2H])N5CCOCC5)c4)cccc3C2=O)CCC(=O)NC1=O. The van der Waals surface area contributed by atoms with Crippen LogP contribution < -0.4 is 42.5 Å². The first-order valence-corrected chi connectivity index (χ1v) is 43.9. The van der Waals surface area contributed by atoms with Crippen molar-refractivity contribution in [2.45, 2.75) is 154 Å². The number of anilines is 4. The molecule has 12 amide bonds. The number of benzene rings is 8. The number of rotatable bonds is 24. The number of amides is 12. The Labute approximate surface area is 791 Å². The summed E-state index contributed by atoms with van der Waals surface area (Å²) in [6.07, 6.45) is -12.0. The van der Waals surface area contributed by atoms with Crippen molar-refractivity contribution in [3.8, 4) is 0 Å². The van der Waals surface area contributed by atoms with Gasteiger partial charge in [-0.1, -0.05) is 121 Å². The molecule has 4 atom stereocenters. The summed E-state index contributed by atoms with van der Waals surface area (Å²) >= 11 is 0. The van der Waals surface area contributed by atoms with Crippen molar-refractivity contribution in [2.75, 3.05) is 126 Å². The molecule has 8 N–H and O–H groups in total. The van der Waals surface area contributed by atoms with Crippen LogP contribution in [0, 0.1) is 0 Å². The minimum Gasteiger partial charge on any atom is -0.381 e. The van der Waals surface area contributed by atoms with E-state index in [1.54, 1.807) is 128 Å². The lowest BCUT2D eigenvalue weighted by molar-refractivity contribution is -0.138. The number of morpholine rings is 4.